The lowest BCUT2D eigenvalue weighted by Gasteiger charge is -2.31. The van der Waals surface area contributed by atoms with E-state index in [1.807, 2.05) is 0 Å². The largest absolute Gasteiger partial charge is 0.384 e. The van der Waals surface area contributed by atoms with Gasteiger partial charge in [0.2, 0.25) is 0 Å². The van der Waals surface area contributed by atoms with Gasteiger partial charge in [0.25, 0.3) is 0 Å². The number of aromatic nitrogens is 1. The normalized spacial score (nSPS) is 21.0. The molecule has 0 aromatic carbocycles. The highest BCUT2D eigenvalue weighted by molar-refractivity contribution is 7.13. The predicted octanol–water partition coefficient (Wildman–Crippen LogP) is 2.26. The first kappa shape index (κ1) is 13.3. The Bertz CT molecular complexity index is 397. The highest BCUT2D eigenvalue weighted by Gasteiger charge is 2.22. The third-order valence-electron chi connectivity index (χ3n) is 3.98. The Hall–Kier alpha value is -0.650. The van der Waals surface area contributed by atoms with Gasteiger partial charge in [0, 0.05) is 44.8 Å². The summed E-state index contributed by atoms with van der Waals surface area (Å²) in [5.41, 5.74) is 1.20. The molecule has 2 fully saturated rings. The Balaban J connectivity index is 1.48. The molecular weight excluding hydrogens is 258 g/mol. The van der Waals surface area contributed by atoms with Gasteiger partial charge >= 0.3 is 0 Å². The SMILES string of the molecule is COCC1CCN(c2nc(CNC3CC3)cs2)CC1. The lowest BCUT2D eigenvalue weighted by atomic mass is 9.98. The fraction of sp³-hybridized carbons (Fsp3) is 0.786. The average molecular weight is 281 g/mol. The summed E-state index contributed by atoms with van der Waals surface area (Å²) >= 11 is 1.79. The molecule has 0 unspecified atom stereocenters. The van der Waals surface area contributed by atoms with Gasteiger partial charge in [0.15, 0.2) is 5.13 Å². The Morgan fingerprint density at radius 2 is 2.16 bits per heavy atom. The predicted molar refractivity (Wildman–Crippen MR) is 78.8 cm³/mol. The summed E-state index contributed by atoms with van der Waals surface area (Å²) in [6.45, 7) is 4.08. The van der Waals surface area contributed by atoms with E-state index in [-0.39, 0.29) is 0 Å². The van der Waals surface area contributed by atoms with Crippen molar-refractivity contribution in [3.63, 3.8) is 0 Å². The molecule has 0 atom stereocenters. The van der Waals surface area contributed by atoms with Crippen LogP contribution in [0.1, 0.15) is 31.4 Å². The first-order valence-electron chi connectivity index (χ1n) is 7.27. The fourth-order valence-electron chi connectivity index (χ4n) is 2.59. The van der Waals surface area contributed by atoms with E-state index in [9.17, 15) is 0 Å². The van der Waals surface area contributed by atoms with Gasteiger partial charge in [-0.15, -0.1) is 11.3 Å². The van der Waals surface area contributed by atoms with E-state index in [0.29, 0.717) is 0 Å². The van der Waals surface area contributed by atoms with Gasteiger partial charge in [-0.25, -0.2) is 4.98 Å². The van der Waals surface area contributed by atoms with Crippen LogP contribution in [0.5, 0.6) is 0 Å². The number of methoxy groups -OCH3 is 1. The summed E-state index contributed by atoms with van der Waals surface area (Å²) in [6.07, 6.45) is 5.13. The number of nitrogens with one attached hydrogen (secondary N) is 1. The van der Waals surface area contributed by atoms with Crippen molar-refractivity contribution in [3.8, 4) is 0 Å². The van der Waals surface area contributed by atoms with Crippen molar-refractivity contribution in [2.75, 3.05) is 31.7 Å². The van der Waals surface area contributed by atoms with Crippen LogP contribution in [0.2, 0.25) is 0 Å². The molecule has 2 aliphatic rings. The topological polar surface area (TPSA) is 37.4 Å². The molecule has 5 heteroatoms. The number of nitrogens with zero attached hydrogens (tertiary/aromatic N) is 2. The zero-order chi connectivity index (χ0) is 13.1. The molecule has 1 aliphatic carbocycles. The molecule has 1 aromatic heterocycles. The molecule has 19 heavy (non-hydrogen) atoms. The molecule has 3 rings (SSSR count). The maximum atomic E-state index is 5.25. The van der Waals surface area contributed by atoms with Crippen LogP contribution in [0, 0.1) is 5.92 Å². The fourth-order valence-corrected chi connectivity index (χ4v) is 3.46. The number of hydrogen-bond donors (Lipinski definition) is 1. The van der Waals surface area contributed by atoms with E-state index < -0.39 is 0 Å². The number of piperidine rings is 1. The maximum absolute atomic E-state index is 5.25. The standard InChI is InChI=1S/C14H23N3OS/c1-18-9-11-4-6-17(7-5-11)14-16-13(10-19-14)8-15-12-2-3-12/h10-12,15H,2-9H2,1H3. The number of hydrogen-bond acceptors (Lipinski definition) is 5. The lowest BCUT2D eigenvalue weighted by Crippen LogP contribution is -2.34. The number of thiazole rings is 1. The van der Waals surface area contributed by atoms with Crippen molar-refractivity contribution < 1.29 is 4.74 Å². The smallest absolute Gasteiger partial charge is 0.185 e. The molecule has 1 N–H and O–H groups in total. The van der Waals surface area contributed by atoms with Crippen LogP contribution in [0.4, 0.5) is 5.13 Å². The maximum Gasteiger partial charge on any atom is 0.185 e. The molecule has 1 aromatic rings. The summed E-state index contributed by atoms with van der Waals surface area (Å²) in [6, 6.07) is 0.759. The zero-order valence-corrected chi connectivity index (χ0v) is 12.4. The van der Waals surface area contributed by atoms with Gasteiger partial charge in [0.05, 0.1) is 5.69 Å². The van der Waals surface area contributed by atoms with Crippen LogP contribution in [-0.2, 0) is 11.3 Å². The Morgan fingerprint density at radius 3 is 2.84 bits per heavy atom. The summed E-state index contributed by atoms with van der Waals surface area (Å²) in [5, 5.41) is 6.92. The molecule has 106 valence electrons. The quantitative estimate of drug-likeness (QED) is 0.868. The second-order valence-corrected chi connectivity index (χ2v) is 6.50. The first-order valence-corrected chi connectivity index (χ1v) is 8.15. The van der Waals surface area contributed by atoms with Gasteiger partial charge in [-0.05, 0) is 31.6 Å². The monoisotopic (exact) mass is 281 g/mol. The van der Waals surface area contributed by atoms with E-state index in [2.05, 4.69) is 15.6 Å². The van der Waals surface area contributed by atoms with E-state index in [1.165, 1.54) is 36.5 Å². The molecule has 1 saturated heterocycles. The van der Waals surface area contributed by atoms with Crippen LogP contribution in [0.25, 0.3) is 0 Å². The van der Waals surface area contributed by atoms with Gasteiger partial charge in [-0.3, -0.25) is 0 Å². The Labute approximate surface area is 119 Å². The van der Waals surface area contributed by atoms with Gasteiger partial charge < -0.3 is 15.0 Å². The Morgan fingerprint density at radius 1 is 1.37 bits per heavy atom. The third-order valence-corrected chi connectivity index (χ3v) is 4.93. The minimum Gasteiger partial charge on any atom is -0.384 e. The van der Waals surface area contributed by atoms with Gasteiger partial charge in [-0.1, -0.05) is 0 Å². The average Bonchev–Trinajstić information content (AvgIpc) is 3.15. The minimum absolute atomic E-state index is 0.734. The molecule has 0 bridgehead atoms. The number of ether oxygens (including phenoxy) is 1. The molecular formula is C14H23N3OS. The summed E-state index contributed by atoms with van der Waals surface area (Å²) in [7, 11) is 1.80. The third kappa shape index (κ3) is 3.68. The molecule has 1 aliphatic heterocycles. The number of anilines is 1. The van der Waals surface area contributed by atoms with E-state index in [4.69, 9.17) is 9.72 Å². The van der Waals surface area contributed by atoms with E-state index in [0.717, 1.165) is 38.2 Å². The number of rotatable bonds is 6. The van der Waals surface area contributed by atoms with Crippen molar-refractivity contribution in [1.82, 2.24) is 10.3 Å². The highest BCUT2D eigenvalue weighted by atomic mass is 32.1. The summed E-state index contributed by atoms with van der Waals surface area (Å²) in [4.78, 5) is 7.18. The van der Waals surface area contributed by atoms with Crippen LogP contribution in [0.15, 0.2) is 5.38 Å². The van der Waals surface area contributed by atoms with Crippen molar-refractivity contribution >= 4 is 16.5 Å². The van der Waals surface area contributed by atoms with Crippen LogP contribution in [-0.4, -0.2) is 37.8 Å². The van der Waals surface area contributed by atoms with Crippen LogP contribution in [0.3, 0.4) is 0 Å². The molecule has 4 nitrogen and oxygen atoms in total. The molecule has 0 spiro atoms. The molecule has 0 radical (unpaired) electrons. The van der Waals surface area contributed by atoms with Gasteiger partial charge in [0.1, 0.15) is 0 Å². The van der Waals surface area contributed by atoms with Gasteiger partial charge in [-0.2, -0.15) is 0 Å². The van der Waals surface area contributed by atoms with Crippen molar-refractivity contribution in [3.05, 3.63) is 11.1 Å². The summed E-state index contributed by atoms with van der Waals surface area (Å²) in [5.74, 6) is 0.734. The summed E-state index contributed by atoms with van der Waals surface area (Å²) < 4.78 is 5.25. The zero-order valence-electron chi connectivity index (χ0n) is 11.6. The molecule has 1 saturated carbocycles. The second-order valence-electron chi connectivity index (χ2n) is 5.66. The first-order chi connectivity index (χ1) is 9.35. The Kier molecular flexibility index (Phi) is 4.35. The minimum atomic E-state index is 0.734. The van der Waals surface area contributed by atoms with Crippen molar-refractivity contribution in [2.24, 2.45) is 5.92 Å². The second kappa shape index (κ2) is 6.20. The van der Waals surface area contributed by atoms with Crippen LogP contribution < -0.4 is 10.2 Å². The van der Waals surface area contributed by atoms with E-state index >= 15 is 0 Å². The lowest BCUT2D eigenvalue weighted by molar-refractivity contribution is 0.139. The molecule has 0 amide bonds. The van der Waals surface area contributed by atoms with Crippen molar-refractivity contribution in [2.45, 2.75) is 38.3 Å². The van der Waals surface area contributed by atoms with Crippen LogP contribution >= 0.6 is 11.3 Å². The molecule has 2 heterocycles. The van der Waals surface area contributed by atoms with Crippen molar-refractivity contribution in [1.29, 1.82) is 0 Å². The highest BCUT2D eigenvalue weighted by Crippen LogP contribution is 2.27. The van der Waals surface area contributed by atoms with E-state index in [1.54, 1.807) is 18.4 Å².